The van der Waals surface area contributed by atoms with Gasteiger partial charge in [-0.15, -0.1) is 0 Å². The van der Waals surface area contributed by atoms with E-state index in [1.54, 1.807) is 6.07 Å². The van der Waals surface area contributed by atoms with Gasteiger partial charge in [0.05, 0.1) is 4.47 Å². The maximum absolute atomic E-state index is 9.05. The van der Waals surface area contributed by atoms with Crippen molar-refractivity contribution in [3.05, 3.63) is 29.1 Å². The van der Waals surface area contributed by atoms with Crippen molar-refractivity contribution >= 4 is 15.9 Å². The van der Waals surface area contributed by atoms with Gasteiger partial charge in [0.1, 0.15) is 0 Å². The van der Waals surface area contributed by atoms with Crippen molar-refractivity contribution in [1.29, 1.82) is 0 Å². The number of halogens is 1. The quantitative estimate of drug-likeness (QED) is 0.632. The molecule has 2 N–H and O–H groups in total. The van der Waals surface area contributed by atoms with Gasteiger partial charge in [-0.3, -0.25) is 0 Å². The van der Waals surface area contributed by atoms with E-state index < -0.39 is 0 Å². The molecule has 10 heavy (non-hydrogen) atoms. The molecule has 0 heterocycles. The van der Waals surface area contributed by atoms with Crippen LogP contribution in [-0.2, 0) is 0 Å². The molecule has 3 heteroatoms. The highest BCUT2D eigenvalue weighted by Crippen LogP contribution is 2.34. The lowest BCUT2D eigenvalue weighted by Crippen LogP contribution is -1.76. The Bertz CT molecular complexity index is 231. The maximum atomic E-state index is 9.05. The normalized spacial score (nSPS) is 9.80. The van der Waals surface area contributed by atoms with Crippen LogP contribution in [0, 0.1) is 6.92 Å². The SMILES string of the molecule is [CH2]c1ccc(O)c(O)c1Br. The van der Waals surface area contributed by atoms with Crippen molar-refractivity contribution in [2.24, 2.45) is 0 Å². The monoisotopic (exact) mass is 201 g/mol. The summed E-state index contributed by atoms with van der Waals surface area (Å²) >= 11 is 3.06. The second kappa shape index (κ2) is 2.50. The van der Waals surface area contributed by atoms with Crippen LogP contribution in [0.1, 0.15) is 5.56 Å². The number of rotatable bonds is 0. The molecule has 0 fully saturated rings. The van der Waals surface area contributed by atoms with E-state index in [9.17, 15) is 0 Å². The first-order valence-electron chi connectivity index (χ1n) is 2.65. The lowest BCUT2D eigenvalue weighted by Gasteiger charge is -2.01. The molecular formula is C7H6BrO2. The van der Waals surface area contributed by atoms with E-state index in [-0.39, 0.29) is 11.5 Å². The molecule has 0 spiro atoms. The minimum absolute atomic E-state index is 0.140. The largest absolute Gasteiger partial charge is 0.504 e. The lowest BCUT2D eigenvalue weighted by atomic mass is 10.2. The Hall–Kier alpha value is -0.700. The number of hydrogen-bond acceptors (Lipinski definition) is 2. The summed E-state index contributed by atoms with van der Waals surface area (Å²) in [7, 11) is 0. The van der Waals surface area contributed by atoms with E-state index in [0.717, 1.165) is 0 Å². The number of aromatic hydroxyl groups is 2. The van der Waals surface area contributed by atoms with Crippen LogP contribution in [0.3, 0.4) is 0 Å². The lowest BCUT2D eigenvalue weighted by molar-refractivity contribution is 0.401. The Labute approximate surface area is 67.3 Å². The van der Waals surface area contributed by atoms with E-state index in [4.69, 9.17) is 10.2 Å². The predicted molar refractivity (Wildman–Crippen MR) is 41.9 cm³/mol. The van der Waals surface area contributed by atoms with Crippen LogP contribution in [0.15, 0.2) is 16.6 Å². The van der Waals surface area contributed by atoms with Crippen LogP contribution >= 0.6 is 15.9 Å². The van der Waals surface area contributed by atoms with Gasteiger partial charge in [0, 0.05) is 0 Å². The second-order valence-electron chi connectivity index (χ2n) is 1.91. The van der Waals surface area contributed by atoms with Crippen molar-refractivity contribution < 1.29 is 10.2 Å². The molecule has 0 saturated carbocycles. The van der Waals surface area contributed by atoms with Crippen molar-refractivity contribution in [3.8, 4) is 11.5 Å². The number of hydrogen-bond donors (Lipinski definition) is 2. The minimum atomic E-state index is -0.160. The van der Waals surface area contributed by atoms with Gasteiger partial charge in [-0.05, 0) is 34.5 Å². The molecule has 1 radical (unpaired) electrons. The average molecular weight is 202 g/mol. The molecule has 1 rings (SSSR count). The molecule has 0 aromatic heterocycles. The van der Waals surface area contributed by atoms with Crippen LogP contribution in [0.2, 0.25) is 0 Å². The zero-order valence-corrected chi connectivity index (χ0v) is 6.72. The Balaban J connectivity index is 3.34. The Morgan fingerprint density at radius 1 is 1.30 bits per heavy atom. The highest BCUT2D eigenvalue weighted by Gasteiger charge is 2.04. The zero-order chi connectivity index (χ0) is 7.72. The molecule has 0 saturated heterocycles. The molecule has 1 aromatic carbocycles. The smallest absolute Gasteiger partial charge is 0.172 e. The summed E-state index contributed by atoms with van der Waals surface area (Å²) in [6.45, 7) is 3.60. The van der Waals surface area contributed by atoms with Gasteiger partial charge in [0.2, 0.25) is 0 Å². The summed E-state index contributed by atoms with van der Waals surface area (Å²) in [4.78, 5) is 0. The fourth-order valence-electron chi connectivity index (χ4n) is 0.596. The molecule has 53 valence electrons. The minimum Gasteiger partial charge on any atom is -0.504 e. The molecule has 0 bridgehead atoms. The molecule has 0 aliphatic rings. The molecule has 0 amide bonds. The van der Waals surface area contributed by atoms with Crippen LogP contribution in [-0.4, -0.2) is 10.2 Å². The zero-order valence-electron chi connectivity index (χ0n) is 5.13. The first-order valence-corrected chi connectivity index (χ1v) is 3.44. The number of benzene rings is 1. The molecule has 0 aliphatic carbocycles. The van der Waals surface area contributed by atoms with Gasteiger partial charge in [-0.25, -0.2) is 0 Å². The Morgan fingerprint density at radius 3 is 2.40 bits per heavy atom. The molecular weight excluding hydrogens is 196 g/mol. The van der Waals surface area contributed by atoms with Crippen molar-refractivity contribution in [3.63, 3.8) is 0 Å². The third-order valence-corrected chi connectivity index (χ3v) is 2.06. The third-order valence-electron chi connectivity index (χ3n) is 1.17. The van der Waals surface area contributed by atoms with E-state index in [2.05, 4.69) is 22.9 Å². The summed E-state index contributed by atoms with van der Waals surface area (Å²) in [6, 6.07) is 3.00. The van der Waals surface area contributed by atoms with E-state index in [0.29, 0.717) is 10.0 Å². The molecule has 0 atom stereocenters. The van der Waals surface area contributed by atoms with Crippen LogP contribution in [0.4, 0.5) is 0 Å². The van der Waals surface area contributed by atoms with Gasteiger partial charge < -0.3 is 10.2 Å². The fourth-order valence-corrected chi connectivity index (χ4v) is 0.931. The second-order valence-corrected chi connectivity index (χ2v) is 2.70. The van der Waals surface area contributed by atoms with Gasteiger partial charge >= 0.3 is 0 Å². The summed E-state index contributed by atoms with van der Waals surface area (Å²) in [5.74, 6) is -0.299. The highest BCUT2D eigenvalue weighted by atomic mass is 79.9. The van der Waals surface area contributed by atoms with Gasteiger partial charge in [0.25, 0.3) is 0 Å². The summed E-state index contributed by atoms with van der Waals surface area (Å²) in [6.07, 6.45) is 0. The van der Waals surface area contributed by atoms with Crippen molar-refractivity contribution in [1.82, 2.24) is 0 Å². The Morgan fingerprint density at radius 2 is 1.90 bits per heavy atom. The highest BCUT2D eigenvalue weighted by molar-refractivity contribution is 9.10. The van der Waals surface area contributed by atoms with Gasteiger partial charge in [-0.1, -0.05) is 6.07 Å². The average Bonchev–Trinajstić information content (AvgIpc) is 1.93. The number of phenols is 2. The van der Waals surface area contributed by atoms with E-state index >= 15 is 0 Å². The molecule has 1 aromatic rings. The molecule has 2 nitrogen and oxygen atoms in total. The topological polar surface area (TPSA) is 40.5 Å². The summed E-state index contributed by atoms with van der Waals surface area (Å²) in [5.41, 5.74) is 0.648. The summed E-state index contributed by atoms with van der Waals surface area (Å²) in [5, 5.41) is 18.0. The van der Waals surface area contributed by atoms with Crippen molar-refractivity contribution in [2.45, 2.75) is 0 Å². The summed E-state index contributed by atoms with van der Waals surface area (Å²) < 4.78 is 0.438. The Kier molecular flexibility index (Phi) is 1.85. The standard InChI is InChI=1S/C7H6BrO2/c1-4-2-3-5(9)7(10)6(4)8/h2-3,9-10H,1H2. The van der Waals surface area contributed by atoms with Crippen LogP contribution in [0.5, 0.6) is 11.5 Å². The maximum Gasteiger partial charge on any atom is 0.172 e. The first kappa shape index (κ1) is 7.41. The van der Waals surface area contributed by atoms with Crippen LogP contribution < -0.4 is 0 Å². The number of phenolic OH excluding ortho intramolecular Hbond substituents is 2. The van der Waals surface area contributed by atoms with Gasteiger partial charge in [0.15, 0.2) is 11.5 Å². The third kappa shape index (κ3) is 1.09. The van der Waals surface area contributed by atoms with E-state index in [1.165, 1.54) is 6.07 Å². The fraction of sp³-hybridized carbons (Fsp3) is 0. The first-order chi connectivity index (χ1) is 4.63. The molecule has 0 unspecified atom stereocenters. The van der Waals surface area contributed by atoms with E-state index in [1.807, 2.05) is 0 Å². The van der Waals surface area contributed by atoms with Gasteiger partial charge in [-0.2, -0.15) is 0 Å². The molecule has 0 aliphatic heterocycles. The van der Waals surface area contributed by atoms with Crippen molar-refractivity contribution in [2.75, 3.05) is 0 Å². The predicted octanol–water partition coefficient (Wildman–Crippen LogP) is 2.04. The van der Waals surface area contributed by atoms with Crippen LogP contribution in [0.25, 0.3) is 0 Å².